The van der Waals surface area contributed by atoms with E-state index in [-0.39, 0.29) is 5.82 Å². The standard InChI is InChI=1S/C11H9FN2/c12-9-4-1-3-8(7-9)10-5-2-6-11(13)14-10/h1-7H,(H2,13,14). The van der Waals surface area contributed by atoms with Crippen molar-refractivity contribution in [1.82, 2.24) is 4.98 Å². The molecule has 70 valence electrons. The summed E-state index contributed by atoms with van der Waals surface area (Å²) in [6, 6.07) is 11.6. The Balaban J connectivity index is 2.49. The van der Waals surface area contributed by atoms with E-state index in [1.165, 1.54) is 12.1 Å². The Morgan fingerprint density at radius 3 is 2.57 bits per heavy atom. The first kappa shape index (κ1) is 8.69. The average molecular weight is 188 g/mol. The summed E-state index contributed by atoms with van der Waals surface area (Å²) in [5.74, 6) is 0.165. The van der Waals surface area contributed by atoms with Crippen LogP contribution in [0.3, 0.4) is 0 Å². The molecule has 0 aliphatic rings. The molecule has 0 atom stereocenters. The van der Waals surface area contributed by atoms with E-state index >= 15 is 0 Å². The van der Waals surface area contributed by atoms with Gasteiger partial charge in [0.15, 0.2) is 0 Å². The molecule has 2 nitrogen and oxygen atoms in total. The second kappa shape index (κ2) is 3.46. The predicted molar refractivity (Wildman–Crippen MR) is 54.0 cm³/mol. The fraction of sp³-hybridized carbons (Fsp3) is 0. The van der Waals surface area contributed by atoms with Crippen molar-refractivity contribution in [3.63, 3.8) is 0 Å². The Hall–Kier alpha value is -1.90. The van der Waals surface area contributed by atoms with Crippen molar-refractivity contribution < 1.29 is 4.39 Å². The number of hydrogen-bond donors (Lipinski definition) is 1. The summed E-state index contributed by atoms with van der Waals surface area (Å²) in [4.78, 5) is 4.10. The van der Waals surface area contributed by atoms with Crippen LogP contribution in [0.1, 0.15) is 0 Å². The molecule has 0 unspecified atom stereocenters. The lowest BCUT2D eigenvalue weighted by molar-refractivity contribution is 0.628. The van der Waals surface area contributed by atoms with Crippen LogP contribution in [0.2, 0.25) is 0 Å². The summed E-state index contributed by atoms with van der Waals surface area (Å²) in [5, 5.41) is 0. The van der Waals surface area contributed by atoms with E-state index in [0.717, 1.165) is 5.56 Å². The highest BCUT2D eigenvalue weighted by atomic mass is 19.1. The smallest absolute Gasteiger partial charge is 0.124 e. The third-order valence-electron chi connectivity index (χ3n) is 1.89. The van der Waals surface area contributed by atoms with Gasteiger partial charge < -0.3 is 5.73 Å². The highest BCUT2D eigenvalue weighted by Gasteiger charge is 2.00. The van der Waals surface area contributed by atoms with Gasteiger partial charge in [-0.15, -0.1) is 0 Å². The molecule has 0 fully saturated rings. The topological polar surface area (TPSA) is 38.9 Å². The van der Waals surface area contributed by atoms with Gasteiger partial charge in [-0.05, 0) is 24.3 Å². The van der Waals surface area contributed by atoms with Crippen molar-refractivity contribution >= 4 is 5.82 Å². The van der Waals surface area contributed by atoms with Crippen LogP contribution in [-0.2, 0) is 0 Å². The summed E-state index contributed by atoms with van der Waals surface area (Å²) in [7, 11) is 0. The second-order valence-corrected chi connectivity index (χ2v) is 2.96. The van der Waals surface area contributed by atoms with E-state index in [1.807, 2.05) is 0 Å². The maximum Gasteiger partial charge on any atom is 0.124 e. The molecule has 2 rings (SSSR count). The quantitative estimate of drug-likeness (QED) is 0.746. The third-order valence-corrected chi connectivity index (χ3v) is 1.89. The van der Waals surface area contributed by atoms with Crippen molar-refractivity contribution in [2.24, 2.45) is 0 Å². The first-order valence-electron chi connectivity index (χ1n) is 4.24. The minimum Gasteiger partial charge on any atom is -0.384 e. The number of aromatic nitrogens is 1. The minimum atomic E-state index is -0.272. The normalized spacial score (nSPS) is 10.1. The molecule has 0 radical (unpaired) electrons. The van der Waals surface area contributed by atoms with Crippen LogP contribution < -0.4 is 5.73 Å². The van der Waals surface area contributed by atoms with E-state index in [2.05, 4.69) is 4.98 Å². The molecule has 1 heterocycles. The molecule has 2 aromatic rings. The molecule has 0 spiro atoms. The van der Waals surface area contributed by atoms with Crippen LogP contribution in [0.15, 0.2) is 42.5 Å². The molecule has 2 N–H and O–H groups in total. The van der Waals surface area contributed by atoms with E-state index in [0.29, 0.717) is 11.5 Å². The number of halogens is 1. The fourth-order valence-electron chi connectivity index (χ4n) is 1.26. The first-order valence-corrected chi connectivity index (χ1v) is 4.24. The molecule has 0 aliphatic heterocycles. The van der Waals surface area contributed by atoms with Crippen molar-refractivity contribution in [2.45, 2.75) is 0 Å². The highest BCUT2D eigenvalue weighted by Crippen LogP contribution is 2.18. The number of rotatable bonds is 1. The van der Waals surface area contributed by atoms with E-state index in [9.17, 15) is 4.39 Å². The SMILES string of the molecule is Nc1cccc(-c2cccc(F)c2)n1. The van der Waals surface area contributed by atoms with Crippen LogP contribution >= 0.6 is 0 Å². The monoisotopic (exact) mass is 188 g/mol. The molecule has 0 bridgehead atoms. The second-order valence-electron chi connectivity index (χ2n) is 2.96. The van der Waals surface area contributed by atoms with Gasteiger partial charge in [-0.3, -0.25) is 0 Å². The Kier molecular flexibility index (Phi) is 2.14. The molecular weight excluding hydrogens is 179 g/mol. The van der Waals surface area contributed by atoms with Crippen LogP contribution in [0.25, 0.3) is 11.3 Å². The van der Waals surface area contributed by atoms with Gasteiger partial charge in [-0.1, -0.05) is 18.2 Å². The lowest BCUT2D eigenvalue weighted by Crippen LogP contribution is -1.91. The lowest BCUT2D eigenvalue weighted by Gasteiger charge is -2.01. The van der Waals surface area contributed by atoms with Gasteiger partial charge in [0.25, 0.3) is 0 Å². The number of nitrogens with two attached hydrogens (primary N) is 1. The number of benzene rings is 1. The van der Waals surface area contributed by atoms with Gasteiger partial charge in [0, 0.05) is 5.56 Å². The van der Waals surface area contributed by atoms with Crippen LogP contribution in [0, 0.1) is 5.82 Å². The molecule has 14 heavy (non-hydrogen) atoms. The molecule has 0 aliphatic carbocycles. The van der Waals surface area contributed by atoms with Gasteiger partial charge in [-0.25, -0.2) is 9.37 Å². The van der Waals surface area contributed by atoms with Gasteiger partial charge in [0.1, 0.15) is 11.6 Å². The average Bonchev–Trinajstić information content (AvgIpc) is 2.18. The summed E-state index contributed by atoms with van der Waals surface area (Å²) < 4.78 is 12.9. The molecular formula is C11H9FN2. The predicted octanol–water partition coefficient (Wildman–Crippen LogP) is 2.47. The van der Waals surface area contributed by atoms with Crippen LogP contribution in [0.4, 0.5) is 10.2 Å². The van der Waals surface area contributed by atoms with Crippen molar-refractivity contribution in [3.05, 3.63) is 48.3 Å². The Morgan fingerprint density at radius 2 is 1.86 bits per heavy atom. The molecule has 1 aromatic heterocycles. The zero-order chi connectivity index (χ0) is 9.97. The summed E-state index contributed by atoms with van der Waals surface area (Å²) in [6.07, 6.45) is 0. The Bertz CT molecular complexity index is 411. The summed E-state index contributed by atoms with van der Waals surface area (Å²) >= 11 is 0. The van der Waals surface area contributed by atoms with Gasteiger partial charge in [0.05, 0.1) is 5.69 Å². The lowest BCUT2D eigenvalue weighted by atomic mass is 10.1. The highest BCUT2D eigenvalue weighted by molar-refractivity contribution is 5.60. The first-order chi connectivity index (χ1) is 6.75. The maximum atomic E-state index is 12.9. The zero-order valence-electron chi connectivity index (χ0n) is 7.44. The van der Waals surface area contributed by atoms with Crippen molar-refractivity contribution in [2.75, 3.05) is 5.73 Å². The van der Waals surface area contributed by atoms with Gasteiger partial charge >= 0.3 is 0 Å². The minimum absolute atomic E-state index is 0.272. The number of pyridine rings is 1. The van der Waals surface area contributed by atoms with E-state index in [4.69, 9.17) is 5.73 Å². The molecule has 1 aromatic carbocycles. The van der Waals surface area contributed by atoms with Crippen molar-refractivity contribution in [3.8, 4) is 11.3 Å². The fourth-order valence-corrected chi connectivity index (χ4v) is 1.26. The zero-order valence-corrected chi connectivity index (χ0v) is 7.44. The molecule has 0 saturated carbocycles. The number of nitrogens with zero attached hydrogens (tertiary/aromatic N) is 1. The Morgan fingerprint density at radius 1 is 1.07 bits per heavy atom. The van der Waals surface area contributed by atoms with Crippen LogP contribution in [0.5, 0.6) is 0 Å². The number of anilines is 1. The third kappa shape index (κ3) is 1.71. The largest absolute Gasteiger partial charge is 0.384 e. The van der Waals surface area contributed by atoms with Crippen LogP contribution in [-0.4, -0.2) is 4.98 Å². The summed E-state index contributed by atoms with van der Waals surface area (Å²) in [6.45, 7) is 0. The summed E-state index contributed by atoms with van der Waals surface area (Å²) in [5.41, 5.74) is 6.95. The molecule has 0 amide bonds. The van der Waals surface area contributed by atoms with E-state index in [1.54, 1.807) is 30.3 Å². The maximum absolute atomic E-state index is 12.9. The number of hydrogen-bond acceptors (Lipinski definition) is 2. The molecule has 3 heteroatoms. The molecule has 0 saturated heterocycles. The van der Waals surface area contributed by atoms with E-state index < -0.39 is 0 Å². The van der Waals surface area contributed by atoms with Gasteiger partial charge in [0.2, 0.25) is 0 Å². The van der Waals surface area contributed by atoms with Gasteiger partial charge in [-0.2, -0.15) is 0 Å². The number of nitrogen functional groups attached to an aromatic ring is 1. The van der Waals surface area contributed by atoms with Crippen molar-refractivity contribution in [1.29, 1.82) is 0 Å². The Labute approximate surface area is 81.2 Å².